The predicted molar refractivity (Wildman–Crippen MR) is 151 cm³/mol. The number of amides is 2. The molecular weight excluding hydrogens is 579 g/mol. The van der Waals surface area contributed by atoms with Crippen molar-refractivity contribution in [3.63, 3.8) is 0 Å². The minimum absolute atomic E-state index is 0.0585. The Balaban J connectivity index is 1.30. The number of hydrogen-bond acceptors (Lipinski definition) is 8. The molecule has 0 saturated heterocycles. The molecule has 2 aromatic heterocycles. The van der Waals surface area contributed by atoms with E-state index in [0.29, 0.717) is 18.4 Å². The van der Waals surface area contributed by atoms with Crippen molar-refractivity contribution in [2.24, 2.45) is 0 Å². The van der Waals surface area contributed by atoms with Crippen LogP contribution in [0.3, 0.4) is 0 Å². The van der Waals surface area contributed by atoms with Crippen LogP contribution in [0.2, 0.25) is 0 Å². The van der Waals surface area contributed by atoms with Crippen molar-refractivity contribution in [3.8, 4) is 34.3 Å². The third-order valence-corrected chi connectivity index (χ3v) is 6.82. The number of nitrogens with zero attached hydrogens (tertiary/aromatic N) is 3. The van der Waals surface area contributed by atoms with E-state index in [4.69, 9.17) is 9.05 Å². The Morgan fingerprint density at radius 3 is 2.16 bits per heavy atom. The predicted octanol–water partition coefficient (Wildman–Crippen LogP) is 4.97. The molecule has 0 saturated carbocycles. The number of aryl methyl sites for hydroxylation is 1. The van der Waals surface area contributed by atoms with Crippen LogP contribution in [-0.2, 0) is 22.2 Å². The molecule has 0 spiro atoms. The van der Waals surface area contributed by atoms with Crippen molar-refractivity contribution in [1.82, 2.24) is 25.9 Å². The number of aromatic nitrogens is 3. The summed E-state index contributed by atoms with van der Waals surface area (Å²) in [6.07, 6.45) is -5.59. The molecule has 2 amide bonds. The fourth-order valence-electron chi connectivity index (χ4n) is 4.54. The Morgan fingerprint density at radius 1 is 0.864 bits per heavy atom. The number of nitrogens with one attached hydrogen (secondary N) is 2. The number of alkyl halides is 3. The third kappa shape index (κ3) is 6.68. The number of aliphatic hydroxyl groups is 1. The highest BCUT2D eigenvalue weighted by Gasteiger charge is 2.43. The van der Waals surface area contributed by atoms with Gasteiger partial charge in [0.1, 0.15) is 17.3 Å². The zero-order valence-corrected chi connectivity index (χ0v) is 23.2. The average molecular weight is 606 g/mol. The van der Waals surface area contributed by atoms with Crippen molar-refractivity contribution in [1.29, 1.82) is 0 Å². The van der Waals surface area contributed by atoms with E-state index < -0.39 is 53.0 Å². The second-order valence-electron chi connectivity index (χ2n) is 9.75. The number of halogens is 3. The molecule has 226 valence electrons. The lowest BCUT2D eigenvalue weighted by Gasteiger charge is -2.20. The fraction of sp³-hybridized carbons (Fsp3) is 0.194. The fourth-order valence-corrected chi connectivity index (χ4v) is 4.54. The van der Waals surface area contributed by atoms with Crippen LogP contribution < -0.4 is 10.6 Å². The highest BCUT2D eigenvalue weighted by molar-refractivity contribution is 5.89. The minimum atomic E-state index is -4.83. The summed E-state index contributed by atoms with van der Waals surface area (Å²) in [5.41, 5.74) is 0.163. The topological polar surface area (TPSA) is 143 Å². The van der Waals surface area contributed by atoms with Gasteiger partial charge in [0.15, 0.2) is 6.10 Å². The van der Waals surface area contributed by atoms with E-state index >= 15 is 0 Å². The highest BCUT2D eigenvalue weighted by Crippen LogP contribution is 2.43. The number of hydrogen-bond donors (Lipinski definition) is 3. The standard InChI is InChI=1S/C31H26F3N5O5/c1-35-28(41)22(17-12-18-8-4-2-5-9-18)36-29(42)25(40)20-13-15-21(16-14-20)27-37-30(44-39-27)26-23(31(32,33)34)24(38-43-26)19-10-6-3-7-11-19/h2-11,13-16,22,25,40H,12,17H2,1H3,(H,35,41)(H,36,42)/t22-,25+/m0/s1. The van der Waals surface area contributed by atoms with Gasteiger partial charge in [0.2, 0.25) is 17.5 Å². The SMILES string of the molecule is CNC(=O)[C@H](CCc1ccccc1)NC(=O)[C@H](O)c1ccc(-c2noc(-c3onc(-c4ccccc4)c3C(F)(F)F)n2)cc1. The summed E-state index contributed by atoms with van der Waals surface area (Å²) in [6, 6.07) is 22.1. The van der Waals surface area contributed by atoms with E-state index in [2.05, 4.69) is 25.9 Å². The van der Waals surface area contributed by atoms with Crippen LogP contribution in [0.25, 0.3) is 34.3 Å². The van der Waals surface area contributed by atoms with Crippen molar-refractivity contribution >= 4 is 11.8 Å². The van der Waals surface area contributed by atoms with Gasteiger partial charge in [-0.05, 0) is 24.0 Å². The van der Waals surface area contributed by atoms with Gasteiger partial charge in [-0.25, -0.2) is 0 Å². The van der Waals surface area contributed by atoms with Gasteiger partial charge in [-0.15, -0.1) is 0 Å². The van der Waals surface area contributed by atoms with Gasteiger partial charge in [-0.1, -0.05) is 95.2 Å². The van der Waals surface area contributed by atoms with Crippen LogP contribution in [0, 0.1) is 0 Å². The first-order valence-corrected chi connectivity index (χ1v) is 13.5. The molecule has 0 unspecified atom stereocenters. The molecule has 5 rings (SSSR count). The molecule has 0 aliphatic carbocycles. The maximum atomic E-state index is 14.0. The first-order valence-electron chi connectivity index (χ1n) is 13.5. The van der Waals surface area contributed by atoms with Gasteiger partial charge in [0, 0.05) is 18.2 Å². The molecule has 5 aromatic rings. The molecule has 44 heavy (non-hydrogen) atoms. The maximum absolute atomic E-state index is 14.0. The van der Waals surface area contributed by atoms with Gasteiger partial charge in [0.25, 0.3) is 11.8 Å². The van der Waals surface area contributed by atoms with Crippen LogP contribution >= 0.6 is 0 Å². The summed E-state index contributed by atoms with van der Waals surface area (Å²) >= 11 is 0. The lowest BCUT2D eigenvalue weighted by atomic mass is 10.0. The van der Waals surface area contributed by atoms with Crippen LogP contribution in [-0.4, -0.2) is 45.3 Å². The van der Waals surface area contributed by atoms with Crippen molar-refractivity contribution in [2.75, 3.05) is 7.05 Å². The summed E-state index contributed by atoms with van der Waals surface area (Å²) < 4.78 is 52.2. The van der Waals surface area contributed by atoms with Crippen LogP contribution in [0.15, 0.2) is 94.0 Å². The Labute approximate surface area is 248 Å². The molecule has 0 aliphatic heterocycles. The number of aliphatic hydroxyl groups excluding tert-OH is 1. The molecular formula is C31H26F3N5O5. The summed E-state index contributed by atoms with van der Waals surface area (Å²) in [6.45, 7) is 0. The van der Waals surface area contributed by atoms with E-state index in [1.165, 1.54) is 43.4 Å². The van der Waals surface area contributed by atoms with Gasteiger partial charge in [-0.3, -0.25) is 9.59 Å². The number of benzene rings is 3. The number of carbonyl (C=O) groups is 2. The Kier molecular flexibility index (Phi) is 8.86. The van der Waals surface area contributed by atoms with Gasteiger partial charge in [0.05, 0.1) is 0 Å². The molecule has 2 heterocycles. The molecule has 13 heteroatoms. The maximum Gasteiger partial charge on any atom is 0.422 e. The smallest absolute Gasteiger partial charge is 0.378 e. The second kappa shape index (κ2) is 12.9. The number of likely N-dealkylation sites (N-methyl/N-ethyl adjacent to an activating group) is 1. The lowest BCUT2D eigenvalue weighted by Crippen LogP contribution is -2.47. The Hall–Kier alpha value is -5.30. The zero-order valence-electron chi connectivity index (χ0n) is 23.2. The molecule has 0 aliphatic rings. The zero-order chi connectivity index (χ0) is 31.3. The number of rotatable bonds is 10. The molecule has 0 radical (unpaired) electrons. The van der Waals surface area contributed by atoms with E-state index in [1.54, 1.807) is 18.2 Å². The van der Waals surface area contributed by atoms with E-state index in [0.717, 1.165) is 5.56 Å². The molecule has 3 N–H and O–H groups in total. The number of carbonyl (C=O) groups excluding carboxylic acids is 2. The quantitative estimate of drug-likeness (QED) is 0.202. The summed E-state index contributed by atoms with van der Waals surface area (Å²) in [4.78, 5) is 29.3. The first kappa shape index (κ1) is 30.2. The largest absolute Gasteiger partial charge is 0.422 e. The highest BCUT2D eigenvalue weighted by atomic mass is 19.4. The normalized spacial score (nSPS) is 12.8. The van der Waals surface area contributed by atoms with E-state index in [1.807, 2.05) is 30.3 Å². The lowest BCUT2D eigenvalue weighted by molar-refractivity contribution is -0.137. The Bertz CT molecular complexity index is 1720. The van der Waals surface area contributed by atoms with Crippen LogP contribution in [0.1, 0.15) is 29.2 Å². The van der Waals surface area contributed by atoms with Crippen molar-refractivity contribution in [3.05, 3.63) is 102 Å². The van der Waals surface area contributed by atoms with Crippen molar-refractivity contribution in [2.45, 2.75) is 31.2 Å². The molecule has 0 fully saturated rings. The van der Waals surface area contributed by atoms with Crippen molar-refractivity contribution < 1.29 is 36.9 Å². The Morgan fingerprint density at radius 2 is 1.52 bits per heavy atom. The van der Waals surface area contributed by atoms with Crippen LogP contribution in [0.5, 0.6) is 0 Å². The monoisotopic (exact) mass is 605 g/mol. The first-order chi connectivity index (χ1) is 21.2. The van der Waals surface area contributed by atoms with E-state index in [-0.39, 0.29) is 17.0 Å². The van der Waals surface area contributed by atoms with Gasteiger partial charge < -0.3 is 24.8 Å². The minimum Gasteiger partial charge on any atom is -0.378 e. The molecule has 10 nitrogen and oxygen atoms in total. The average Bonchev–Trinajstić information content (AvgIpc) is 3.71. The molecule has 2 atom stereocenters. The summed E-state index contributed by atoms with van der Waals surface area (Å²) in [5.74, 6) is -2.49. The van der Waals surface area contributed by atoms with Gasteiger partial charge >= 0.3 is 6.18 Å². The summed E-state index contributed by atoms with van der Waals surface area (Å²) in [7, 11) is 1.46. The van der Waals surface area contributed by atoms with E-state index in [9.17, 15) is 27.9 Å². The van der Waals surface area contributed by atoms with Crippen LogP contribution in [0.4, 0.5) is 13.2 Å². The van der Waals surface area contributed by atoms with Gasteiger partial charge in [-0.2, -0.15) is 18.2 Å². The summed E-state index contributed by atoms with van der Waals surface area (Å²) in [5, 5.41) is 23.1. The molecule has 0 bridgehead atoms. The molecule has 3 aromatic carbocycles. The third-order valence-electron chi connectivity index (χ3n) is 6.82. The second-order valence-corrected chi connectivity index (χ2v) is 9.75.